The van der Waals surface area contributed by atoms with Gasteiger partial charge in [0.25, 0.3) is 0 Å². The topological polar surface area (TPSA) is 35.2 Å². The van der Waals surface area contributed by atoms with Gasteiger partial charge in [-0.3, -0.25) is 0 Å². The van der Waals surface area contributed by atoms with E-state index in [9.17, 15) is 0 Å². The van der Waals surface area contributed by atoms with Crippen molar-refractivity contribution >= 4 is 0 Å². The van der Waals surface area contributed by atoms with Gasteiger partial charge in [0.05, 0.1) is 0 Å². The lowest BCUT2D eigenvalue weighted by Gasteiger charge is -2.30. The second-order valence-corrected chi connectivity index (χ2v) is 4.18. The van der Waals surface area contributed by atoms with Gasteiger partial charge in [0.15, 0.2) is 0 Å². The molecule has 0 aromatic carbocycles. The van der Waals surface area contributed by atoms with Crippen LogP contribution >= 0.6 is 0 Å². The van der Waals surface area contributed by atoms with Gasteiger partial charge in [0.2, 0.25) is 0 Å². The predicted molar refractivity (Wildman–Crippen MR) is 55.6 cm³/mol. The summed E-state index contributed by atoms with van der Waals surface area (Å²) in [6.07, 6.45) is 8.07. The van der Waals surface area contributed by atoms with Crippen LogP contribution < -0.4 is 5.73 Å². The summed E-state index contributed by atoms with van der Waals surface area (Å²) in [6.45, 7) is 1.80. The summed E-state index contributed by atoms with van der Waals surface area (Å²) in [6, 6.07) is 0. The van der Waals surface area contributed by atoms with Crippen molar-refractivity contribution < 1.29 is 4.74 Å². The molecule has 1 aliphatic rings. The van der Waals surface area contributed by atoms with Gasteiger partial charge in [-0.15, -0.1) is 0 Å². The SMILES string of the molecule is COCCCC1CCCCC1CN. The molecule has 2 heteroatoms. The van der Waals surface area contributed by atoms with Crippen LogP contribution in [0, 0.1) is 11.8 Å². The Morgan fingerprint density at radius 2 is 1.92 bits per heavy atom. The zero-order chi connectivity index (χ0) is 9.52. The number of nitrogens with two attached hydrogens (primary N) is 1. The largest absolute Gasteiger partial charge is 0.385 e. The minimum Gasteiger partial charge on any atom is -0.385 e. The third kappa shape index (κ3) is 3.65. The highest BCUT2D eigenvalue weighted by molar-refractivity contribution is 4.75. The Kier molecular flexibility index (Phi) is 5.40. The maximum Gasteiger partial charge on any atom is 0.0462 e. The number of hydrogen-bond donors (Lipinski definition) is 1. The highest BCUT2D eigenvalue weighted by Crippen LogP contribution is 2.32. The Morgan fingerprint density at radius 1 is 1.23 bits per heavy atom. The van der Waals surface area contributed by atoms with Gasteiger partial charge in [0.1, 0.15) is 0 Å². The molecule has 2 atom stereocenters. The van der Waals surface area contributed by atoms with Gasteiger partial charge in [-0.1, -0.05) is 19.3 Å². The first-order chi connectivity index (χ1) is 6.38. The van der Waals surface area contributed by atoms with Gasteiger partial charge < -0.3 is 10.5 Å². The van der Waals surface area contributed by atoms with Crippen LogP contribution in [0.3, 0.4) is 0 Å². The molecule has 13 heavy (non-hydrogen) atoms. The van der Waals surface area contributed by atoms with Crippen LogP contribution in [0.25, 0.3) is 0 Å². The summed E-state index contributed by atoms with van der Waals surface area (Å²) in [7, 11) is 1.78. The van der Waals surface area contributed by atoms with E-state index in [0.29, 0.717) is 0 Å². The van der Waals surface area contributed by atoms with E-state index < -0.39 is 0 Å². The Balaban J connectivity index is 2.19. The molecule has 1 fully saturated rings. The van der Waals surface area contributed by atoms with Gasteiger partial charge >= 0.3 is 0 Å². The molecule has 0 aromatic heterocycles. The van der Waals surface area contributed by atoms with Crippen LogP contribution in [-0.4, -0.2) is 20.3 Å². The van der Waals surface area contributed by atoms with Crippen LogP contribution in [0.2, 0.25) is 0 Å². The average molecular weight is 185 g/mol. The van der Waals surface area contributed by atoms with Gasteiger partial charge in [-0.05, 0) is 37.6 Å². The first-order valence-electron chi connectivity index (χ1n) is 5.57. The zero-order valence-electron chi connectivity index (χ0n) is 8.80. The van der Waals surface area contributed by atoms with Crippen molar-refractivity contribution in [2.45, 2.75) is 38.5 Å². The second-order valence-electron chi connectivity index (χ2n) is 4.18. The average Bonchev–Trinajstić information content (AvgIpc) is 2.19. The fraction of sp³-hybridized carbons (Fsp3) is 1.00. The van der Waals surface area contributed by atoms with E-state index in [2.05, 4.69) is 0 Å². The second kappa shape index (κ2) is 6.39. The Bertz CT molecular complexity index is 127. The molecule has 0 radical (unpaired) electrons. The summed E-state index contributed by atoms with van der Waals surface area (Å²) in [5.74, 6) is 1.68. The standard InChI is InChI=1S/C11H23NO/c1-13-8-4-7-10-5-2-3-6-11(10)9-12/h10-11H,2-9,12H2,1H3. The lowest BCUT2D eigenvalue weighted by molar-refractivity contribution is 0.165. The fourth-order valence-electron chi connectivity index (χ4n) is 2.46. The van der Waals surface area contributed by atoms with E-state index in [1.165, 1.54) is 38.5 Å². The summed E-state index contributed by atoms with van der Waals surface area (Å²) in [5, 5.41) is 0. The summed E-state index contributed by atoms with van der Waals surface area (Å²) in [4.78, 5) is 0. The summed E-state index contributed by atoms with van der Waals surface area (Å²) < 4.78 is 5.07. The van der Waals surface area contributed by atoms with Crippen molar-refractivity contribution in [3.05, 3.63) is 0 Å². The molecule has 0 aromatic rings. The predicted octanol–water partition coefficient (Wildman–Crippen LogP) is 2.18. The maximum absolute atomic E-state index is 5.77. The zero-order valence-corrected chi connectivity index (χ0v) is 8.80. The third-order valence-corrected chi connectivity index (χ3v) is 3.29. The Hall–Kier alpha value is -0.0800. The maximum atomic E-state index is 5.77. The van der Waals surface area contributed by atoms with Crippen LogP contribution in [0.5, 0.6) is 0 Å². The van der Waals surface area contributed by atoms with E-state index in [-0.39, 0.29) is 0 Å². The van der Waals surface area contributed by atoms with Gasteiger partial charge in [-0.2, -0.15) is 0 Å². The minimum absolute atomic E-state index is 0.797. The first kappa shape index (κ1) is 11.0. The molecule has 0 saturated heterocycles. The monoisotopic (exact) mass is 185 g/mol. The molecule has 1 rings (SSSR count). The van der Waals surface area contributed by atoms with Crippen LogP contribution in [0.1, 0.15) is 38.5 Å². The number of ether oxygens (including phenoxy) is 1. The quantitative estimate of drug-likeness (QED) is 0.666. The molecule has 2 nitrogen and oxygen atoms in total. The molecule has 1 aliphatic carbocycles. The lowest BCUT2D eigenvalue weighted by atomic mass is 9.77. The Morgan fingerprint density at radius 3 is 2.54 bits per heavy atom. The van der Waals surface area contributed by atoms with Crippen LogP contribution in [-0.2, 0) is 4.74 Å². The van der Waals surface area contributed by atoms with Crippen LogP contribution in [0.15, 0.2) is 0 Å². The van der Waals surface area contributed by atoms with E-state index >= 15 is 0 Å². The van der Waals surface area contributed by atoms with Gasteiger partial charge in [-0.25, -0.2) is 0 Å². The van der Waals surface area contributed by atoms with Crippen LogP contribution in [0.4, 0.5) is 0 Å². The van der Waals surface area contributed by atoms with Gasteiger partial charge in [0, 0.05) is 13.7 Å². The van der Waals surface area contributed by atoms with E-state index in [4.69, 9.17) is 10.5 Å². The molecular formula is C11H23NO. The minimum atomic E-state index is 0.797. The lowest BCUT2D eigenvalue weighted by Crippen LogP contribution is -2.26. The molecule has 2 N–H and O–H groups in total. The van der Waals surface area contributed by atoms with Crippen molar-refractivity contribution in [3.8, 4) is 0 Å². The molecule has 1 saturated carbocycles. The molecule has 78 valence electrons. The molecule has 0 aliphatic heterocycles. The smallest absolute Gasteiger partial charge is 0.0462 e. The number of methoxy groups -OCH3 is 1. The normalized spacial score (nSPS) is 29.1. The highest BCUT2D eigenvalue weighted by atomic mass is 16.5. The molecular weight excluding hydrogens is 162 g/mol. The van der Waals surface area contributed by atoms with Crippen molar-refractivity contribution in [3.63, 3.8) is 0 Å². The van der Waals surface area contributed by atoms with Crippen molar-refractivity contribution in [1.82, 2.24) is 0 Å². The fourth-order valence-corrected chi connectivity index (χ4v) is 2.46. The highest BCUT2D eigenvalue weighted by Gasteiger charge is 2.22. The van der Waals surface area contributed by atoms with E-state index in [0.717, 1.165) is 25.0 Å². The van der Waals surface area contributed by atoms with E-state index in [1.54, 1.807) is 7.11 Å². The Labute approximate surface area is 81.8 Å². The molecule has 0 bridgehead atoms. The molecule has 0 amide bonds. The van der Waals surface area contributed by atoms with E-state index in [1.807, 2.05) is 0 Å². The third-order valence-electron chi connectivity index (χ3n) is 3.29. The first-order valence-corrected chi connectivity index (χ1v) is 5.57. The molecule has 0 spiro atoms. The summed E-state index contributed by atoms with van der Waals surface area (Å²) >= 11 is 0. The molecule has 0 heterocycles. The van der Waals surface area contributed by atoms with Crippen molar-refractivity contribution in [2.75, 3.05) is 20.3 Å². The number of hydrogen-bond acceptors (Lipinski definition) is 2. The number of rotatable bonds is 5. The summed E-state index contributed by atoms with van der Waals surface area (Å²) in [5.41, 5.74) is 5.77. The van der Waals surface area contributed by atoms with Crippen molar-refractivity contribution in [1.29, 1.82) is 0 Å². The van der Waals surface area contributed by atoms with Crippen molar-refractivity contribution in [2.24, 2.45) is 17.6 Å². The molecule has 2 unspecified atom stereocenters.